The summed E-state index contributed by atoms with van der Waals surface area (Å²) in [6, 6.07) is 16.0. The number of anilines is 1. The average molecular weight is 285 g/mol. The maximum atomic E-state index is 13.6. The number of hydrogen-bond donors (Lipinski definition) is 1. The highest BCUT2D eigenvalue weighted by atomic mass is 19.1. The summed E-state index contributed by atoms with van der Waals surface area (Å²) in [6.07, 6.45) is 0.979. The van der Waals surface area contributed by atoms with Crippen LogP contribution in [-0.2, 0) is 5.41 Å². The van der Waals surface area contributed by atoms with E-state index in [1.165, 1.54) is 11.6 Å². The highest BCUT2D eigenvalue weighted by molar-refractivity contribution is 5.51. The van der Waals surface area contributed by atoms with Crippen LogP contribution in [0.3, 0.4) is 0 Å². The number of hydrogen-bond acceptors (Lipinski definition) is 1. The topological polar surface area (TPSA) is 12.0 Å². The molecule has 1 atom stereocenters. The van der Waals surface area contributed by atoms with Crippen LogP contribution in [-0.4, -0.2) is 6.04 Å². The van der Waals surface area contributed by atoms with Crippen LogP contribution in [0.2, 0.25) is 0 Å². The summed E-state index contributed by atoms with van der Waals surface area (Å²) in [5.41, 5.74) is 2.97. The summed E-state index contributed by atoms with van der Waals surface area (Å²) in [6.45, 7) is 8.46. The van der Waals surface area contributed by atoms with Crippen molar-refractivity contribution in [1.82, 2.24) is 0 Å². The van der Waals surface area contributed by atoms with Crippen molar-refractivity contribution >= 4 is 5.69 Å². The van der Waals surface area contributed by atoms with Gasteiger partial charge in [0.15, 0.2) is 0 Å². The minimum atomic E-state index is -0.158. The van der Waals surface area contributed by atoms with Gasteiger partial charge in [-0.05, 0) is 43.4 Å². The van der Waals surface area contributed by atoms with Gasteiger partial charge in [-0.15, -0.1) is 0 Å². The van der Waals surface area contributed by atoms with Gasteiger partial charge in [0, 0.05) is 17.3 Å². The molecule has 0 saturated heterocycles. The Kier molecular flexibility index (Phi) is 4.66. The molecular weight excluding hydrogens is 261 g/mol. The van der Waals surface area contributed by atoms with Crippen molar-refractivity contribution in [3.63, 3.8) is 0 Å². The monoisotopic (exact) mass is 285 g/mol. The molecule has 2 aromatic rings. The van der Waals surface area contributed by atoms with E-state index in [0.717, 1.165) is 12.1 Å². The zero-order chi connectivity index (χ0) is 15.5. The lowest BCUT2D eigenvalue weighted by Gasteiger charge is -2.30. The van der Waals surface area contributed by atoms with Crippen LogP contribution >= 0.6 is 0 Å². The molecule has 0 bridgehead atoms. The van der Waals surface area contributed by atoms with Crippen molar-refractivity contribution < 1.29 is 4.39 Å². The van der Waals surface area contributed by atoms with Crippen LogP contribution in [0, 0.1) is 12.7 Å². The van der Waals surface area contributed by atoms with Gasteiger partial charge in [-0.25, -0.2) is 4.39 Å². The van der Waals surface area contributed by atoms with Crippen LogP contribution in [0.15, 0.2) is 48.5 Å². The maximum Gasteiger partial charge on any atom is 0.128 e. The molecule has 0 saturated carbocycles. The summed E-state index contributed by atoms with van der Waals surface area (Å²) >= 11 is 0. The summed E-state index contributed by atoms with van der Waals surface area (Å²) in [4.78, 5) is 0. The van der Waals surface area contributed by atoms with Gasteiger partial charge < -0.3 is 5.32 Å². The van der Waals surface area contributed by atoms with Crippen molar-refractivity contribution in [2.24, 2.45) is 0 Å². The van der Waals surface area contributed by atoms with Gasteiger partial charge in [0.25, 0.3) is 0 Å². The maximum absolute atomic E-state index is 13.6. The smallest absolute Gasteiger partial charge is 0.128 e. The third-order valence-corrected chi connectivity index (χ3v) is 4.04. The quantitative estimate of drug-likeness (QED) is 0.785. The average Bonchev–Trinajstić information content (AvgIpc) is 2.44. The van der Waals surface area contributed by atoms with Crippen molar-refractivity contribution in [3.8, 4) is 0 Å². The first-order chi connectivity index (χ1) is 9.90. The lowest BCUT2D eigenvalue weighted by atomic mass is 9.79. The zero-order valence-electron chi connectivity index (χ0n) is 13.3. The second kappa shape index (κ2) is 6.30. The first-order valence-electron chi connectivity index (χ1n) is 7.47. The van der Waals surface area contributed by atoms with Gasteiger partial charge in [0.2, 0.25) is 0 Å². The molecule has 2 rings (SSSR count). The Morgan fingerprint density at radius 2 is 1.71 bits per heavy atom. The molecule has 1 nitrogen and oxygen atoms in total. The summed E-state index contributed by atoms with van der Waals surface area (Å²) < 4.78 is 13.6. The van der Waals surface area contributed by atoms with Gasteiger partial charge in [-0.1, -0.05) is 50.2 Å². The summed E-state index contributed by atoms with van der Waals surface area (Å²) in [5, 5.41) is 3.44. The van der Waals surface area contributed by atoms with Crippen LogP contribution in [0.5, 0.6) is 0 Å². The summed E-state index contributed by atoms with van der Waals surface area (Å²) in [5.74, 6) is -0.158. The molecule has 1 unspecified atom stereocenters. The van der Waals surface area contributed by atoms with E-state index >= 15 is 0 Å². The van der Waals surface area contributed by atoms with E-state index in [0.29, 0.717) is 5.56 Å². The van der Waals surface area contributed by atoms with Crippen molar-refractivity contribution in [2.75, 3.05) is 5.32 Å². The van der Waals surface area contributed by atoms with Gasteiger partial charge in [-0.3, -0.25) is 0 Å². The molecule has 0 aromatic heterocycles. The third-order valence-electron chi connectivity index (χ3n) is 4.04. The molecule has 21 heavy (non-hydrogen) atoms. The molecule has 0 fully saturated rings. The Morgan fingerprint density at radius 3 is 2.38 bits per heavy atom. The van der Waals surface area contributed by atoms with E-state index in [4.69, 9.17) is 0 Å². The van der Waals surface area contributed by atoms with Gasteiger partial charge in [0.1, 0.15) is 5.82 Å². The lowest BCUT2D eigenvalue weighted by molar-refractivity contribution is 0.450. The minimum Gasteiger partial charge on any atom is -0.382 e. The number of rotatable bonds is 5. The standard InChI is InChI=1S/C19H24FN/c1-14(21-18-12-8-11-17(20)15(18)2)13-19(3,4)16-9-6-5-7-10-16/h5-12,14,21H,13H2,1-4H3. The van der Waals surface area contributed by atoms with E-state index in [1.807, 2.05) is 19.1 Å². The fourth-order valence-corrected chi connectivity index (χ4v) is 2.85. The van der Waals surface area contributed by atoms with Crippen molar-refractivity contribution in [1.29, 1.82) is 0 Å². The van der Waals surface area contributed by atoms with Crippen LogP contribution in [0.4, 0.5) is 10.1 Å². The summed E-state index contributed by atoms with van der Waals surface area (Å²) in [7, 11) is 0. The fraction of sp³-hybridized carbons (Fsp3) is 0.368. The van der Waals surface area contributed by atoms with E-state index < -0.39 is 0 Å². The SMILES string of the molecule is Cc1c(F)cccc1NC(C)CC(C)(C)c1ccccc1. The first-order valence-corrected chi connectivity index (χ1v) is 7.47. The highest BCUT2D eigenvalue weighted by Crippen LogP contribution is 2.29. The van der Waals surface area contributed by atoms with Crippen LogP contribution < -0.4 is 5.32 Å². The molecule has 0 amide bonds. The molecular formula is C19H24FN. The highest BCUT2D eigenvalue weighted by Gasteiger charge is 2.23. The van der Waals surface area contributed by atoms with Gasteiger partial charge in [0.05, 0.1) is 0 Å². The second-order valence-electron chi connectivity index (χ2n) is 6.41. The molecule has 2 heteroatoms. The largest absolute Gasteiger partial charge is 0.382 e. The Balaban J connectivity index is 2.08. The molecule has 0 heterocycles. The predicted octanol–water partition coefficient (Wildman–Crippen LogP) is 5.30. The van der Waals surface area contributed by atoms with Crippen molar-refractivity contribution in [2.45, 2.75) is 45.6 Å². The number of nitrogens with one attached hydrogen (secondary N) is 1. The molecule has 0 aliphatic carbocycles. The van der Waals surface area contributed by atoms with Gasteiger partial charge >= 0.3 is 0 Å². The molecule has 1 N–H and O–H groups in total. The van der Waals surface area contributed by atoms with E-state index in [-0.39, 0.29) is 17.3 Å². The van der Waals surface area contributed by atoms with E-state index in [2.05, 4.69) is 50.4 Å². The molecule has 0 aliphatic heterocycles. The number of benzene rings is 2. The molecule has 0 spiro atoms. The van der Waals surface area contributed by atoms with Gasteiger partial charge in [-0.2, -0.15) is 0 Å². The van der Waals surface area contributed by atoms with Crippen LogP contribution in [0.25, 0.3) is 0 Å². The molecule has 0 radical (unpaired) electrons. The molecule has 112 valence electrons. The minimum absolute atomic E-state index is 0.0783. The molecule has 2 aromatic carbocycles. The van der Waals surface area contributed by atoms with E-state index in [1.54, 1.807) is 6.07 Å². The lowest BCUT2D eigenvalue weighted by Crippen LogP contribution is -2.28. The fourth-order valence-electron chi connectivity index (χ4n) is 2.85. The van der Waals surface area contributed by atoms with Crippen LogP contribution in [0.1, 0.15) is 38.3 Å². The van der Waals surface area contributed by atoms with E-state index in [9.17, 15) is 4.39 Å². The second-order valence-corrected chi connectivity index (χ2v) is 6.41. The Bertz CT molecular complexity index is 590. The first kappa shape index (κ1) is 15.6. The number of halogens is 1. The predicted molar refractivity (Wildman–Crippen MR) is 88.3 cm³/mol. The Hall–Kier alpha value is -1.83. The zero-order valence-corrected chi connectivity index (χ0v) is 13.3. The molecule has 0 aliphatic rings. The Morgan fingerprint density at radius 1 is 1.05 bits per heavy atom. The van der Waals surface area contributed by atoms with Crippen molar-refractivity contribution in [3.05, 3.63) is 65.5 Å². The normalized spacial score (nSPS) is 13.0. The third kappa shape index (κ3) is 3.84. The Labute approximate surface area is 127 Å².